The third-order valence-corrected chi connectivity index (χ3v) is 4.53. The predicted molar refractivity (Wildman–Crippen MR) is 65.6 cm³/mol. The van der Waals surface area contributed by atoms with E-state index in [0.717, 1.165) is 19.1 Å². The van der Waals surface area contributed by atoms with Crippen LogP contribution < -0.4 is 10.6 Å². The number of sulfone groups is 1. The van der Waals surface area contributed by atoms with Crippen molar-refractivity contribution < 1.29 is 22.4 Å². The van der Waals surface area contributed by atoms with Crippen molar-refractivity contribution in [3.63, 3.8) is 0 Å². The maximum absolute atomic E-state index is 13.4. The first-order valence-electron chi connectivity index (χ1n) is 5.31. The lowest BCUT2D eigenvalue weighted by molar-refractivity contribution is -0.119. The van der Waals surface area contributed by atoms with Crippen molar-refractivity contribution in [1.29, 1.82) is 0 Å². The maximum Gasteiger partial charge on any atom is 0.321 e. The molecule has 1 aromatic rings. The number of amides is 3. The van der Waals surface area contributed by atoms with Gasteiger partial charge in [0.15, 0.2) is 9.84 Å². The zero-order chi connectivity index (χ0) is 14.6. The smallest absolute Gasteiger partial charge is 0.321 e. The fourth-order valence-corrected chi connectivity index (χ4v) is 2.61. The summed E-state index contributed by atoms with van der Waals surface area (Å²) in [6, 6.07) is 3.90. The van der Waals surface area contributed by atoms with E-state index in [-0.39, 0.29) is 0 Å². The van der Waals surface area contributed by atoms with E-state index in [9.17, 15) is 22.4 Å². The summed E-state index contributed by atoms with van der Waals surface area (Å²) in [7, 11) is -2.91. The molecular weight excluding hydrogens is 275 g/mol. The molecule has 2 N–H and O–H groups in total. The fraction of sp³-hybridized carbons (Fsp3) is 0.273. The van der Waals surface area contributed by atoms with E-state index in [1.165, 1.54) is 19.2 Å². The summed E-state index contributed by atoms with van der Waals surface area (Å²) in [6.07, 6.45) is 0. The van der Waals surface area contributed by atoms with E-state index in [1.807, 2.05) is 5.32 Å². The molecule has 1 aromatic carbocycles. The largest absolute Gasteiger partial charge is 0.341 e. The van der Waals surface area contributed by atoms with Crippen LogP contribution in [0.25, 0.3) is 0 Å². The first-order valence-corrected chi connectivity index (χ1v) is 6.86. The van der Waals surface area contributed by atoms with E-state index in [0.29, 0.717) is 0 Å². The van der Waals surface area contributed by atoms with Gasteiger partial charge in [-0.2, -0.15) is 0 Å². The van der Waals surface area contributed by atoms with Gasteiger partial charge >= 0.3 is 6.03 Å². The Kier molecular flexibility index (Phi) is 4.60. The highest BCUT2D eigenvalue weighted by atomic mass is 32.2. The molecule has 0 radical (unpaired) electrons. The Labute approximate surface area is 109 Å². The Bertz CT molecular complexity index is 600. The van der Waals surface area contributed by atoms with Crippen LogP contribution in [0, 0.1) is 5.82 Å². The zero-order valence-corrected chi connectivity index (χ0v) is 11.1. The van der Waals surface area contributed by atoms with Crippen LogP contribution in [0.1, 0.15) is 6.92 Å². The van der Waals surface area contributed by atoms with Crippen LogP contribution in [0.2, 0.25) is 0 Å². The first kappa shape index (κ1) is 15.1. The van der Waals surface area contributed by atoms with Crippen LogP contribution in [-0.4, -0.2) is 32.7 Å². The minimum atomic E-state index is -4.19. The van der Waals surface area contributed by atoms with Gasteiger partial charge in [-0.15, -0.1) is 0 Å². The average Bonchev–Trinajstić information content (AvgIpc) is 2.37. The molecule has 104 valence electrons. The van der Waals surface area contributed by atoms with Crippen LogP contribution in [0.3, 0.4) is 0 Å². The van der Waals surface area contributed by atoms with Crippen molar-refractivity contribution >= 4 is 21.8 Å². The van der Waals surface area contributed by atoms with Crippen LogP contribution in [0.4, 0.5) is 9.18 Å². The number of hydrogen-bond acceptors (Lipinski definition) is 4. The highest BCUT2D eigenvalue weighted by Crippen LogP contribution is 2.19. The van der Waals surface area contributed by atoms with Crippen molar-refractivity contribution in [2.45, 2.75) is 17.1 Å². The molecule has 0 heterocycles. The van der Waals surface area contributed by atoms with Gasteiger partial charge in [-0.3, -0.25) is 10.1 Å². The Morgan fingerprint density at radius 3 is 2.37 bits per heavy atom. The lowest BCUT2D eigenvalue weighted by atomic mass is 10.3. The summed E-state index contributed by atoms with van der Waals surface area (Å²) in [6.45, 7) is 1.08. The van der Waals surface area contributed by atoms with Crippen molar-refractivity contribution in [2.75, 3.05) is 7.05 Å². The molecule has 6 nitrogen and oxygen atoms in total. The number of halogens is 1. The van der Waals surface area contributed by atoms with Crippen molar-refractivity contribution in [1.82, 2.24) is 10.6 Å². The third kappa shape index (κ3) is 3.28. The van der Waals surface area contributed by atoms with Gasteiger partial charge in [0, 0.05) is 7.05 Å². The molecule has 0 aliphatic heterocycles. The van der Waals surface area contributed by atoms with Gasteiger partial charge in [-0.25, -0.2) is 17.6 Å². The Morgan fingerprint density at radius 1 is 1.26 bits per heavy atom. The molecule has 0 aromatic heterocycles. The van der Waals surface area contributed by atoms with Gasteiger partial charge in [0.25, 0.3) is 0 Å². The highest BCUT2D eigenvalue weighted by Gasteiger charge is 2.32. The number of hydrogen-bond donors (Lipinski definition) is 2. The lowest BCUT2D eigenvalue weighted by Gasteiger charge is -2.12. The van der Waals surface area contributed by atoms with Crippen LogP contribution in [0.5, 0.6) is 0 Å². The quantitative estimate of drug-likeness (QED) is 0.844. The first-order chi connectivity index (χ1) is 8.80. The second kappa shape index (κ2) is 5.79. The molecule has 0 bridgehead atoms. The standard InChI is InChI=1S/C11H13FN2O4S/c1-7(10(15)14-11(16)13-2)19(17,18)9-6-4-3-5-8(9)12/h3-7H,1-2H3,(H2,13,14,15,16). The molecule has 0 saturated carbocycles. The van der Waals surface area contributed by atoms with Crippen LogP contribution in [0.15, 0.2) is 29.2 Å². The lowest BCUT2D eigenvalue weighted by Crippen LogP contribution is -2.44. The molecule has 1 atom stereocenters. The minimum Gasteiger partial charge on any atom is -0.341 e. The van der Waals surface area contributed by atoms with Gasteiger partial charge in [-0.1, -0.05) is 12.1 Å². The molecule has 19 heavy (non-hydrogen) atoms. The third-order valence-electron chi connectivity index (χ3n) is 2.44. The SMILES string of the molecule is CNC(=O)NC(=O)C(C)S(=O)(=O)c1ccccc1F. The number of urea groups is 1. The summed E-state index contributed by atoms with van der Waals surface area (Å²) >= 11 is 0. The van der Waals surface area contributed by atoms with Gasteiger partial charge in [0.05, 0.1) is 0 Å². The van der Waals surface area contributed by atoms with Gasteiger partial charge in [0.1, 0.15) is 16.0 Å². The Balaban J connectivity index is 3.04. The van der Waals surface area contributed by atoms with Crippen LogP contribution in [-0.2, 0) is 14.6 Å². The topological polar surface area (TPSA) is 92.3 Å². The summed E-state index contributed by atoms with van der Waals surface area (Å²) in [5.41, 5.74) is 0. The molecule has 1 rings (SSSR count). The van der Waals surface area contributed by atoms with Crippen molar-refractivity contribution in [3.8, 4) is 0 Å². The van der Waals surface area contributed by atoms with E-state index in [2.05, 4.69) is 5.32 Å². The Hall–Kier alpha value is -1.96. The number of nitrogens with one attached hydrogen (secondary N) is 2. The summed E-state index contributed by atoms with van der Waals surface area (Å²) < 4.78 is 37.5. The highest BCUT2D eigenvalue weighted by molar-refractivity contribution is 7.92. The van der Waals surface area contributed by atoms with E-state index in [1.54, 1.807) is 0 Å². The molecule has 3 amide bonds. The summed E-state index contributed by atoms with van der Waals surface area (Å²) in [5.74, 6) is -1.97. The minimum absolute atomic E-state index is 0.574. The maximum atomic E-state index is 13.4. The molecule has 0 aliphatic carbocycles. The van der Waals surface area contributed by atoms with E-state index in [4.69, 9.17) is 0 Å². The molecule has 0 fully saturated rings. The monoisotopic (exact) mass is 288 g/mol. The normalized spacial score (nSPS) is 12.6. The molecule has 0 spiro atoms. The second-order valence-corrected chi connectivity index (χ2v) is 5.92. The van der Waals surface area contributed by atoms with Gasteiger partial charge in [0.2, 0.25) is 5.91 Å². The summed E-state index contributed by atoms with van der Waals surface area (Å²) in [5, 5.41) is 2.37. The number of imide groups is 1. The van der Waals surface area contributed by atoms with Gasteiger partial charge in [-0.05, 0) is 19.1 Å². The van der Waals surface area contributed by atoms with Gasteiger partial charge < -0.3 is 5.32 Å². The number of rotatable bonds is 3. The Morgan fingerprint density at radius 2 is 1.84 bits per heavy atom. The average molecular weight is 288 g/mol. The second-order valence-electron chi connectivity index (χ2n) is 3.69. The van der Waals surface area contributed by atoms with E-state index < -0.39 is 37.7 Å². The zero-order valence-electron chi connectivity index (χ0n) is 10.3. The molecule has 1 unspecified atom stereocenters. The van der Waals surface area contributed by atoms with Crippen molar-refractivity contribution in [3.05, 3.63) is 30.1 Å². The predicted octanol–water partition coefficient (Wildman–Crippen LogP) is 0.443. The number of benzene rings is 1. The molecule has 8 heteroatoms. The van der Waals surface area contributed by atoms with Crippen molar-refractivity contribution in [2.24, 2.45) is 0 Å². The molecular formula is C11H13FN2O4S. The molecule has 0 aliphatic rings. The number of carbonyl (C=O) groups excluding carboxylic acids is 2. The van der Waals surface area contributed by atoms with E-state index >= 15 is 0 Å². The summed E-state index contributed by atoms with van der Waals surface area (Å²) in [4.78, 5) is 21.9. The fourth-order valence-electron chi connectivity index (χ4n) is 1.28. The molecule has 0 saturated heterocycles. The van der Waals surface area contributed by atoms with Crippen LogP contribution >= 0.6 is 0 Å². The number of carbonyl (C=O) groups is 2.